The molecule has 1 amide bonds. The number of H-pyrrole nitrogens is 2. The number of rotatable bonds is 4. The number of phenols is 1. The highest BCUT2D eigenvalue weighted by molar-refractivity contribution is 6.12. The van der Waals surface area contributed by atoms with E-state index in [0.29, 0.717) is 57.5 Å². The zero-order valence-electron chi connectivity index (χ0n) is 21.3. The summed E-state index contributed by atoms with van der Waals surface area (Å²) in [7, 11) is 1.32. The highest BCUT2D eigenvalue weighted by atomic mass is 16.5. The standard InChI is InChI=1S/C29H23N7O4/c1-40-29(39)19-8-4-5-15-9-20(34-24(15)19)28(38)36-12-16(11-35-14-33-26(30)25-27(35)32-13-31-25)23-18-7-3-2-6-17(18)22(37)10-21(23)36/h2-10,13-14,16,30,34,37H,11-12H2,1H3,(H,31,32)/t16-/m1/s1. The number of methoxy groups -OCH3 is 1. The van der Waals surface area contributed by atoms with Crippen LogP contribution in [-0.2, 0) is 11.3 Å². The van der Waals surface area contributed by atoms with E-state index in [1.807, 2.05) is 34.9 Å². The number of nitrogens with one attached hydrogen (secondary N) is 3. The summed E-state index contributed by atoms with van der Waals surface area (Å²) < 4.78 is 6.78. The lowest BCUT2D eigenvalue weighted by Crippen LogP contribution is -2.31. The monoisotopic (exact) mass is 533 g/mol. The van der Waals surface area contributed by atoms with Crippen molar-refractivity contribution in [1.82, 2.24) is 24.5 Å². The molecule has 0 bridgehead atoms. The quantitative estimate of drug-likeness (QED) is 0.253. The van der Waals surface area contributed by atoms with Gasteiger partial charge < -0.3 is 29.3 Å². The lowest BCUT2D eigenvalue weighted by Gasteiger charge is -2.18. The number of anilines is 1. The van der Waals surface area contributed by atoms with Gasteiger partial charge in [0.1, 0.15) is 17.0 Å². The zero-order valence-corrected chi connectivity index (χ0v) is 21.3. The van der Waals surface area contributed by atoms with Crippen molar-refractivity contribution in [2.45, 2.75) is 12.5 Å². The van der Waals surface area contributed by atoms with Crippen LogP contribution < -0.4 is 10.4 Å². The molecule has 0 fully saturated rings. The predicted molar refractivity (Wildman–Crippen MR) is 147 cm³/mol. The van der Waals surface area contributed by atoms with Crippen LogP contribution in [0.1, 0.15) is 32.3 Å². The van der Waals surface area contributed by atoms with E-state index in [9.17, 15) is 14.7 Å². The van der Waals surface area contributed by atoms with Gasteiger partial charge in [-0.3, -0.25) is 10.2 Å². The molecule has 0 saturated carbocycles. The fraction of sp³-hybridized carbons (Fsp3) is 0.138. The Hall–Kier alpha value is -5.45. The largest absolute Gasteiger partial charge is 0.507 e. The number of hydrogen-bond donors (Lipinski definition) is 4. The van der Waals surface area contributed by atoms with Crippen LogP contribution in [0.2, 0.25) is 0 Å². The fourth-order valence-electron chi connectivity index (χ4n) is 5.76. The van der Waals surface area contributed by atoms with Gasteiger partial charge in [-0.15, -0.1) is 0 Å². The van der Waals surface area contributed by atoms with E-state index in [-0.39, 0.29) is 23.1 Å². The van der Waals surface area contributed by atoms with E-state index < -0.39 is 5.97 Å². The Kier molecular flexibility index (Phi) is 5.20. The number of carbonyl (C=O) groups is 2. The predicted octanol–water partition coefficient (Wildman–Crippen LogP) is 3.81. The second kappa shape index (κ2) is 8.80. The number of imidazole rings is 1. The maximum Gasteiger partial charge on any atom is 0.339 e. The average molecular weight is 534 g/mol. The number of carbonyl (C=O) groups excluding carboxylic acids is 2. The van der Waals surface area contributed by atoms with Crippen LogP contribution in [0.15, 0.2) is 67.3 Å². The second-order valence-electron chi connectivity index (χ2n) is 9.78. The molecule has 6 aromatic rings. The van der Waals surface area contributed by atoms with E-state index in [4.69, 9.17) is 10.1 Å². The van der Waals surface area contributed by atoms with Crippen molar-refractivity contribution in [3.05, 3.63) is 89.6 Å². The number of nitrogens with zero attached hydrogens (tertiary/aromatic N) is 4. The maximum absolute atomic E-state index is 14.0. The first kappa shape index (κ1) is 23.7. The molecule has 11 nitrogen and oxygen atoms in total. The molecular weight excluding hydrogens is 510 g/mol. The van der Waals surface area contributed by atoms with Gasteiger partial charge in [-0.05, 0) is 23.1 Å². The molecule has 4 N–H and O–H groups in total. The summed E-state index contributed by atoms with van der Waals surface area (Å²) in [5, 5.41) is 21.3. The van der Waals surface area contributed by atoms with Crippen LogP contribution in [0.3, 0.4) is 0 Å². The number of ether oxygens (including phenoxy) is 1. The fourth-order valence-corrected chi connectivity index (χ4v) is 5.76. The highest BCUT2D eigenvalue weighted by Gasteiger charge is 2.36. The average Bonchev–Trinajstić information content (AvgIpc) is 3.71. The van der Waals surface area contributed by atoms with Gasteiger partial charge in [-0.2, -0.15) is 0 Å². The normalized spacial score (nSPS) is 14.7. The topological polar surface area (TPSA) is 153 Å². The van der Waals surface area contributed by atoms with Gasteiger partial charge in [-0.25, -0.2) is 14.8 Å². The molecule has 0 aliphatic carbocycles. The summed E-state index contributed by atoms with van der Waals surface area (Å²) in [5.41, 5.74) is 3.95. The first-order valence-corrected chi connectivity index (χ1v) is 12.6. The summed E-state index contributed by atoms with van der Waals surface area (Å²) in [6.07, 6.45) is 3.12. The molecule has 40 heavy (non-hydrogen) atoms. The first-order valence-electron chi connectivity index (χ1n) is 12.6. The lowest BCUT2D eigenvalue weighted by molar-refractivity contribution is 0.0602. The van der Waals surface area contributed by atoms with E-state index in [2.05, 4.69) is 19.9 Å². The molecule has 4 heterocycles. The minimum atomic E-state index is -0.497. The third-order valence-electron chi connectivity index (χ3n) is 7.55. The Bertz CT molecular complexity index is 2050. The van der Waals surface area contributed by atoms with Crippen molar-refractivity contribution >= 4 is 50.4 Å². The van der Waals surface area contributed by atoms with Crippen LogP contribution >= 0.6 is 0 Å². The zero-order chi connectivity index (χ0) is 27.5. The van der Waals surface area contributed by atoms with Crippen LogP contribution in [0, 0.1) is 5.41 Å². The number of aromatic amines is 2. The Morgan fingerprint density at radius 1 is 1.10 bits per heavy atom. The number of esters is 1. The van der Waals surface area contributed by atoms with Crippen molar-refractivity contribution in [3.63, 3.8) is 0 Å². The molecule has 0 unspecified atom stereocenters. The van der Waals surface area contributed by atoms with E-state index in [1.165, 1.54) is 13.4 Å². The maximum atomic E-state index is 14.0. The van der Waals surface area contributed by atoms with Crippen LogP contribution in [-0.4, -0.2) is 55.1 Å². The van der Waals surface area contributed by atoms with Gasteiger partial charge in [0.05, 0.1) is 36.5 Å². The molecule has 0 spiro atoms. The van der Waals surface area contributed by atoms with Crippen LogP contribution in [0.4, 0.5) is 5.69 Å². The van der Waals surface area contributed by atoms with Gasteiger partial charge in [0, 0.05) is 35.8 Å². The number of benzene rings is 3. The van der Waals surface area contributed by atoms with E-state index in [0.717, 1.165) is 10.9 Å². The number of fused-ring (bicyclic) bond motifs is 5. The van der Waals surface area contributed by atoms with Crippen LogP contribution in [0.25, 0.3) is 32.8 Å². The van der Waals surface area contributed by atoms with Gasteiger partial charge in [-0.1, -0.05) is 36.4 Å². The van der Waals surface area contributed by atoms with Gasteiger partial charge in [0.15, 0.2) is 11.1 Å². The molecule has 198 valence electrons. The third kappa shape index (κ3) is 3.48. The summed E-state index contributed by atoms with van der Waals surface area (Å²) in [6, 6.07) is 16.1. The summed E-state index contributed by atoms with van der Waals surface area (Å²) in [4.78, 5) is 42.7. The first-order chi connectivity index (χ1) is 19.4. The number of amides is 1. The molecule has 1 atom stereocenters. The number of phenolic OH excluding ortho intramolecular Hbond substituents is 1. The van der Waals surface area contributed by atoms with Gasteiger partial charge in [0.2, 0.25) is 0 Å². The minimum absolute atomic E-state index is 0.0833. The van der Waals surface area contributed by atoms with Crippen molar-refractivity contribution in [2.75, 3.05) is 18.6 Å². The highest BCUT2D eigenvalue weighted by Crippen LogP contribution is 2.46. The molecule has 1 aliphatic heterocycles. The van der Waals surface area contributed by atoms with E-state index in [1.54, 1.807) is 35.5 Å². The molecule has 1 aliphatic rings. The molecular formula is C29H23N7O4. The minimum Gasteiger partial charge on any atom is -0.507 e. The number of aromatic hydroxyl groups is 1. The molecule has 11 heteroatoms. The van der Waals surface area contributed by atoms with Crippen molar-refractivity contribution in [2.24, 2.45) is 0 Å². The summed E-state index contributed by atoms with van der Waals surface area (Å²) >= 11 is 0. The Morgan fingerprint density at radius 2 is 1.93 bits per heavy atom. The Labute approximate surface area is 226 Å². The molecule has 0 radical (unpaired) electrons. The van der Waals surface area contributed by atoms with Crippen LogP contribution in [0.5, 0.6) is 5.75 Å². The molecule has 0 saturated heterocycles. The van der Waals surface area contributed by atoms with Crippen molar-refractivity contribution < 1.29 is 19.4 Å². The molecule has 3 aromatic carbocycles. The summed E-state index contributed by atoms with van der Waals surface area (Å²) in [5.74, 6) is -0.869. The molecule has 7 rings (SSSR count). The SMILES string of the molecule is COC(=O)c1cccc2cc(C(=O)N3C[C@@H](Cn4cnc(=N)c5[nH]cnc54)c4c3cc(O)c3ccccc43)[nH]c12. The third-order valence-corrected chi connectivity index (χ3v) is 7.55. The van der Waals surface area contributed by atoms with Gasteiger partial charge in [0.25, 0.3) is 5.91 Å². The van der Waals surface area contributed by atoms with Gasteiger partial charge >= 0.3 is 5.97 Å². The lowest BCUT2D eigenvalue weighted by atomic mass is 9.94. The van der Waals surface area contributed by atoms with E-state index >= 15 is 0 Å². The smallest absolute Gasteiger partial charge is 0.339 e. The number of aromatic nitrogens is 5. The second-order valence-corrected chi connectivity index (χ2v) is 9.78. The summed E-state index contributed by atoms with van der Waals surface area (Å²) in [6.45, 7) is 0.780. The van der Waals surface area contributed by atoms with Crippen molar-refractivity contribution in [3.8, 4) is 5.75 Å². The molecule has 3 aromatic heterocycles. The Balaban J connectivity index is 1.35. The van der Waals surface area contributed by atoms with Crippen molar-refractivity contribution in [1.29, 1.82) is 5.41 Å². The number of para-hydroxylation sites is 1. The Morgan fingerprint density at radius 3 is 2.75 bits per heavy atom. The number of hydrogen-bond acceptors (Lipinski definition) is 7.